The first-order chi connectivity index (χ1) is 8.11. The number of nitrogens with two attached hydrogens (primary N) is 1. The molecule has 0 aliphatic rings. The third kappa shape index (κ3) is 2.20. The molecule has 2 rings (SSSR count). The highest BCUT2D eigenvalue weighted by Crippen LogP contribution is 2.26. The molecule has 0 aliphatic heterocycles. The molecule has 6 heteroatoms. The number of tetrazole rings is 1. The second-order valence-corrected chi connectivity index (χ2v) is 3.98. The van der Waals surface area contributed by atoms with Gasteiger partial charge in [-0.3, -0.25) is 0 Å². The molecule has 0 spiro atoms. The second kappa shape index (κ2) is 4.40. The fourth-order valence-corrected chi connectivity index (χ4v) is 1.43. The van der Waals surface area contributed by atoms with Gasteiger partial charge in [-0.05, 0) is 37.3 Å². The molecule has 1 aromatic heterocycles. The molecule has 90 valence electrons. The van der Waals surface area contributed by atoms with E-state index in [1.165, 1.54) is 0 Å². The van der Waals surface area contributed by atoms with Crippen LogP contribution in [0.2, 0.25) is 0 Å². The lowest BCUT2D eigenvalue weighted by Crippen LogP contribution is -2.04. The predicted octanol–water partition coefficient (Wildman–Crippen LogP) is 1.51. The molecular weight excluding hydrogens is 218 g/mol. The number of nitrogen functional groups attached to an aromatic ring is 1. The van der Waals surface area contributed by atoms with E-state index in [4.69, 9.17) is 10.5 Å². The molecular formula is C11H15N5O. The zero-order valence-electron chi connectivity index (χ0n) is 10.1. The minimum Gasteiger partial charge on any atom is -0.495 e. The molecule has 0 saturated carbocycles. The van der Waals surface area contributed by atoms with E-state index in [1.807, 2.05) is 19.9 Å². The van der Waals surface area contributed by atoms with Crippen molar-refractivity contribution in [3.63, 3.8) is 0 Å². The molecule has 17 heavy (non-hydrogen) atoms. The SMILES string of the molecule is COc1ccc(-c2nnn(C(C)C)n2)cc1N. The van der Waals surface area contributed by atoms with Crippen LogP contribution in [0.25, 0.3) is 11.4 Å². The lowest BCUT2D eigenvalue weighted by Gasteiger charge is -2.04. The van der Waals surface area contributed by atoms with Crippen molar-refractivity contribution >= 4 is 5.69 Å². The van der Waals surface area contributed by atoms with Gasteiger partial charge in [0.15, 0.2) is 0 Å². The van der Waals surface area contributed by atoms with Crippen LogP contribution in [0.15, 0.2) is 18.2 Å². The second-order valence-electron chi connectivity index (χ2n) is 3.98. The van der Waals surface area contributed by atoms with Gasteiger partial charge < -0.3 is 10.5 Å². The quantitative estimate of drug-likeness (QED) is 0.813. The topological polar surface area (TPSA) is 78.9 Å². The Balaban J connectivity index is 2.36. The van der Waals surface area contributed by atoms with Crippen LogP contribution in [0.1, 0.15) is 19.9 Å². The van der Waals surface area contributed by atoms with E-state index in [0.29, 0.717) is 17.3 Å². The average molecular weight is 233 g/mol. The van der Waals surface area contributed by atoms with E-state index in [-0.39, 0.29) is 6.04 Å². The summed E-state index contributed by atoms with van der Waals surface area (Å²) < 4.78 is 5.09. The minimum atomic E-state index is 0.187. The van der Waals surface area contributed by atoms with Gasteiger partial charge in [0.25, 0.3) is 0 Å². The van der Waals surface area contributed by atoms with Crippen LogP contribution in [-0.4, -0.2) is 27.3 Å². The van der Waals surface area contributed by atoms with Gasteiger partial charge in [0.05, 0.1) is 18.8 Å². The third-order valence-electron chi connectivity index (χ3n) is 2.38. The maximum atomic E-state index is 5.83. The summed E-state index contributed by atoms with van der Waals surface area (Å²) in [5, 5.41) is 12.2. The first-order valence-corrected chi connectivity index (χ1v) is 5.35. The average Bonchev–Trinajstić information content (AvgIpc) is 2.78. The molecule has 1 aromatic carbocycles. The number of benzene rings is 1. The Kier molecular flexibility index (Phi) is 2.95. The molecule has 1 heterocycles. The number of aromatic nitrogens is 4. The largest absolute Gasteiger partial charge is 0.495 e. The summed E-state index contributed by atoms with van der Waals surface area (Å²) in [4.78, 5) is 1.57. The summed E-state index contributed by atoms with van der Waals surface area (Å²) in [7, 11) is 1.58. The van der Waals surface area contributed by atoms with Crippen LogP contribution in [0.3, 0.4) is 0 Å². The lowest BCUT2D eigenvalue weighted by molar-refractivity contribution is 0.417. The van der Waals surface area contributed by atoms with E-state index in [0.717, 1.165) is 5.56 Å². The zero-order chi connectivity index (χ0) is 12.4. The molecule has 0 unspecified atom stereocenters. The van der Waals surface area contributed by atoms with Crippen LogP contribution in [0.5, 0.6) is 5.75 Å². The fourth-order valence-electron chi connectivity index (χ4n) is 1.43. The van der Waals surface area contributed by atoms with E-state index in [9.17, 15) is 0 Å². The maximum Gasteiger partial charge on any atom is 0.205 e. The fraction of sp³-hybridized carbons (Fsp3) is 0.364. The van der Waals surface area contributed by atoms with Gasteiger partial charge in [0, 0.05) is 5.56 Å². The van der Waals surface area contributed by atoms with Crippen LogP contribution in [-0.2, 0) is 0 Å². The molecule has 2 aromatic rings. The van der Waals surface area contributed by atoms with Gasteiger partial charge in [-0.2, -0.15) is 4.80 Å². The Morgan fingerprint density at radius 2 is 2.12 bits per heavy atom. The molecule has 0 amide bonds. The zero-order valence-corrected chi connectivity index (χ0v) is 10.1. The van der Waals surface area contributed by atoms with Crippen LogP contribution >= 0.6 is 0 Å². The molecule has 0 aliphatic carbocycles. The monoisotopic (exact) mass is 233 g/mol. The van der Waals surface area contributed by atoms with Crippen LogP contribution < -0.4 is 10.5 Å². The number of anilines is 1. The Hall–Kier alpha value is -2.11. The van der Waals surface area contributed by atoms with Gasteiger partial charge in [0.1, 0.15) is 5.75 Å². The normalized spacial score (nSPS) is 10.8. The highest BCUT2D eigenvalue weighted by Gasteiger charge is 2.09. The maximum absolute atomic E-state index is 5.83. The molecule has 0 atom stereocenters. The standard InChI is InChI=1S/C11H15N5O/c1-7(2)16-14-11(13-15-16)8-4-5-10(17-3)9(12)6-8/h4-7H,12H2,1-3H3. The smallest absolute Gasteiger partial charge is 0.205 e. The van der Waals surface area contributed by atoms with Crippen molar-refractivity contribution in [3.05, 3.63) is 18.2 Å². The van der Waals surface area contributed by atoms with Crippen LogP contribution in [0.4, 0.5) is 5.69 Å². The summed E-state index contributed by atoms with van der Waals surface area (Å²) in [5.41, 5.74) is 7.22. The van der Waals surface area contributed by atoms with E-state index in [1.54, 1.807) is 24.0 Å². The molecule has 0 saturated heterocycles. The van der Waals surface area contributed by atoms with Gasteiger partial charge >= 0.3 is 0 Å². The summed E-state index contributed by atoms with van der Waals surface area (Å²) in [6.45, 7) is 3.99. The predicted molar refractivity (Wildman–Crippen MR) is 64.6 cm³/mol. The summed E-state index contributed by atoms with van der Waals surface area (Å²) >= 11 is 0. The third-order valence-corrected chi connectivity index (χ3v) is 2.38. The Morgan fingerprint density at radius 3 is 2.65 bits per heavy atom. The number of hydrogen-bond acceptors (Lipinski definition) is 5. The minimum absolute atomic E-state index is 0.187. The number of methoxy groups -OCH3 is 1. The van der Waals surface area contributed by atoms with Crippen molar-refractivity contribution in [2.24, 2.45) is 0 Å². The molecule has 0 fully saturated rings. The van der Waals surface area contributed by atoms with Crippen molar-refractivity contribution < 1.29 is 4.74 Å². The van der Waals surface area contributed by atoms with Gasteiger partial charge in [-0.1, -0.05) is 0 Å². The lowest BCUT2D eigenvalue weighted by atomic mass is 10.2. The Bertz CT molecular complexity index is 520. The van der Waals surface area contributed by atoms with E-state index < -0.39 is 0 Å². The van der Waals surface area contributed by atoms with E-state index in [2.05, 4.69) is 15.4 Å². The van der Waals surface area contributed by atoms with Crippen molar-refractivity contribution in [2.45, 2.75) is 19.9 Å². The molecule has 0 bridgehead atoms. The Morgan fingerprint density at radius 1 is 1.35 bits per heavy atom. The van der Waals surface area contributed by atoms with E-state index >= 15 is 0 Å². The van der Waals surface area contributed by atoms with Gasteiger partial charge in [-0.25, -0.2) is 0 Å². The number of hydrogen-bond donors (Lipinski definition) is 1. The summed E-state index contributed by atoms with van der Waals surface area (Å²) in [6.07, 6.45) is 0. The van der Waals surface area contributed by atoms with Crippen molar-refractivity contribution in [1.82, 2.24) is 20.2 Å². The first kappa shape index (κ1) is 11.4. The first-order valence-electron chi connectivity index (χ1n) is 5.35. The van der Waals surface area contributed by atoms with Crippen molar-refractivity contribution in [3.8, 4) is 17.1 Å². The van der Waals surface area contributed by atoms with Crippen molar-refractivity contribution in [1.29, 1.82) is 0 Å². The van der Waals surface area contributed by atoms with Gasteiger partial charge in [-0.15, -0.1) is 10.2 Å². The molecule has 2 N–H and O–H groups in total. The highest BCUT2D eigenvalue weighted by molar-refractivity contribution is 5.65. The summed E-state index contributed by atoms with van der Waals surface area (Å²) in [6, 6.07) is 5.62. The number of ether oxygens (including phenoxy) is 1. The molecule has 0 radical (unpaired) electrons. The molecule has 6 nitrogen and oxygen atoms in total. The van der Waals surface area contributed by atoms with Crippen LogP contribution in [0, 0.1) is 0 Å². The highest BCUT2D eigenvalue weighted by atomic mass is 16.5. The number of rotatable bonds is 3. The Labute approximate surface area is 99.4 Å². The van der Waals surface area contributed by atoms with Gasteiger partial charge in [0.2, 0.25) is 5.82 Å². The van der Waals surface area contributed by atoms with Crippen molar-refractivity contribution in [2.75, 3.05) is 12.8 Å². The number of nitrogens with zero attached hydrogens (tertiary/aromatic N) is 4. The summed E-state index contributed by atoms with van der Waals surface area (Å²) in [5.74, 6) is 1.21.